The topological polar surface area (TPSA) is 63.1 Å². The summed E-state index contributed by atoms with van der Waals surface area (Å²) >= 11 is 0. The molecule has 0 aliphatic carbocycles. The Morgan fingerprint density at radius 2 is 1.65 bits per heavy atom. The van der Waals surface area contributed by atoms with Crippen LogP contribution in [0.5, 0.6) is 0 Å². The van der Waals surface area contributed by atoms with Gasteiger partial charge in [0.25, 0.3) is 0 Å². The Labute approximate surface area is 164 Å². The largest absolute Gasteiger partial charge is 0.477 e. The van der Waals surface area contributed by atoms with Gasteiger partial charge in [-0.05, 0) is 29.3 Å². The summed E-state index contributed by atoms with van der Waals surface area (Å²) in [7, 11) is 0. The fourth-order valence-corrected chi connectivity index (χ4v) is 2.26. The Hall–Kier alpha value is -2.88. The van der Waals surface area contributed by atoms with E-state index in [1.54, 1.807) is 12.1 Å². The number of fused-ring (bicyclic) bond motifs is 1. The number of para-hydroxylation sites is 1. The average molecular weight is 520 g/mol. The van der Waals surface area contributed by atoms with E-state index < -0.39 is 5.97 Å². The summed E-state index contributed by atoms with van der Waals surface area (Å²) in [5.74, 6) is -0.990. The monoisotopic (exact) mass is 520 g/mol. The molecule has 0 saturated carbocycles. The maximum Gasteiger partial charge on any atom is 0.354 e. The Balaban J connectivity index is 0.000000210. The van der Waals surface area contributed by atoms with E-state index in [1.807, 2.05) is 48.5 Å². The van der Waals surface area contributed by atoms with Gasteiger partial charge in [0.1, 0.15) is 5.69 Å². The Morgan fingerprint density at radius 3 is 2.31 bits per heavy atom. The maximum absolute atomic E-state index is 10.1. The van der Waals surface area contributed by atoms with Crippen LogP contribution in [0.25, 0.3) is 22.2 Å². The summed E-state index contributed by atoms with van der Waals surface area (Å²) in [5.41, 5.74) is 3.11. The number of rotatable bonds is 2. The number of carboxylic acids is 1. The standard InChI is InChI=1S/C15H10N.C6H5NO2.Ir/c1-2-6-12(7-3-1)15-11-10-13-8-4-5-9-14(13)16-15;8-6(9)5-3-1-2-4-7-5;/h1-6,8-11H;1-4H,(H,8,9);/q-1;;. The number of aromatic nitrogens is 2. The third-order valence-electron chi connectivity index (χ3n) is 3.47. The first-order valence-electron chi connectivity index (χ1n) is 7.71. The molecule has 0 fully saturated rings. The van der Waals surface area contributed by atoms with Crippen LogP contribution in [0, 0.1) is 6.07 Å². The van der Waals surface area contributed by atoms with Crippen molar-refractivity contribution in [2.75, 3.05) is 0 Å². The van der Waals surface area contributed by atoms with E-state index in [2.05, 4.69) is 28.2 Å². The van der Waals surface area contributed by atoms with Crippen LogP contribution < -0.4 is 0 Å². The Kier molecular flexibility index (Phi) is 7.15. The third-order valence-corrected chi connectivity index (χ3v) is 3.47. The molecule has 1 radical (unpaired) electrons. The van der Waals surface area contributed by atoms with Gasteiger partial charge in [0, 0.05) is 26.3 Å². The number of pyridine rings is 2. The van der Waals surface area contributed by atoms with Crippen molar-refractivity contribution < 1.29 is 30.0 Å². The first-order chi connectivity index (χ1) is 12.2. The second kappa shape index (κ2) is 9.56. The van der Waals surface area contributed by atoms with Gasteiger partial charge in [-0.15, -0.1) is 35.9 Å². The number of carboxylic acid groups (broad SMARTS) is 1. The minimum atomic E-state index is -0.990. The third kappa shape index (κ3) is 5.06. The minimum Gasteiger partial charge on any atom is -0.477 e. The van der Waals surface area contributed by atoms with Crippen molar-refractivity contribution in [2.45, 2.75) is 0 Å². The molecule has 0 aliphatic rings. The predicted octanol–water partition coefficient (Wildman–Crippen LogP) is 4.48. The number of benzene rings is 2. The predicted molar refractivity (Wildman–Crippen MR) is 97.2 cm³/mol. The molecule has 1 N–H and O–H groups in total. The van der Waals surface area contributed by atoms with E-state index in [0.717, 1.165) is 16.8 Å². The number of nitrogens with zero attached hydrogens (tertiary/aromatic N) is 2. The zero-order valence-electron chi connectivity index (χ0n) is 13.7. The maximum atomic E-state index is 10.1. The van der Waals surface area contributed by atoms with Crippen molar-refractivity contribution >= 4 is 16.9 Å². The van der Waals surface area contributed by atoms with Crippen molar-refractivity contribution in [2.24, 2.45) is 0 Å². The normalized spacial score (nSPS) is 9.54. The fourth-order valence-electron chi connectivity index (χ4n) is 2.26. The molecule has 0 aliphatic heterocycles. The molecule has 2 aromatic heterocycles. The van der Waals surface area contributed by atoms with Crippen molar-refractivity contribution in [1.29, 1.82) is 0 Å². The quantitative estimate of drug-likeness (QED) is 0.397. The second-order valence-electron chi connectivity index (χ2n) is 5.19. The van der Waals surface area contributed by atoms with Gasteiger partial charge in [-0.2, -0.15) is 0 Å². The molecule has 131 valence electrons. The molecule has 2 aromatic carbocycles. The SMILES string of the molecule is O=C(O)c1ccccn1.[Ir].[c-]1ccccc1-c1ccc2ccccc2n1. The molecular formula is C21H15IrN2O2-. The Morgan fingerprint density at radius 1 is 0.885 bits per heavy atom. The van der Waals surface area contributed by atoms with Gasteiger partial charge in [-0.3, -0.25) is 4.98 Å². The Bertz CT molecular complexity index is 977. The molecule has 4 nitrogen and oxygen atoms in total. The molecule has 0 amide bonds. The van der Waals surface area contributed by atoms with E-state index in [-0.39, 0.29) is 25.8 Å². The molecule has 4 aromatic rings. The summed E-state index contributed by atoms with van der Waals surface area (Å²) in [6.45, 7) is 0. The van der Waals surface area contributed by atoms with Gasteiger partial charge in [0.05, 0.1) is 5.52 Å². The van der Waals surface area contributed by atoms with Gasteiger partial charge < -0.3 is 5.11 Å². The van der Waals surface area contributed by atoms with Gasteiger partial charge in [0.2, 0.25) is 0 Å². The van der Waals surface area contributed by atoms with Gasteiger partial charge in [0.15, 0.2) is 0 Å². The van der Waals surface area contributed by atoms with Crippen molar-refractivity contribution in [3.63, 3.8) is 0 Å². The molecule has 0 bridgehead atoms. The summed E-state index contributed by atoms with van der Waals surface area (Å²) in [4.78, 5) is 18.3. The fraction of sp³-hybridized carbons (Fsp3) is 0. The number of hydrogen-bond donors (Lipinski definition) is 1. The van der Waals surface area contributed by atoms with Crippen LogP contribution in [-0.2, 0) is 20.1 Å². The van der Waals surface area contributed by atoms with Crippen LogP contribution in [0.2, 0.25) is 0 Å². The zero-order chi connectivity index (χ0) is 17.5. The van der Waals surface area contributed by atoms with E-state index in [0.29, 0.717) is 0 Å². The van der Waals surface area contributed by atoms with Crippen LogP contribution in [-0.4, -0.2) is 21.0 Å². The van der Waals surface area contributed by atoms with E-state index in [9.17, 15) is 4.79 Å². The molecule has 0 atom stereocenters. The molecule has 26 heavy (non-hydrogen) atoms. The smallest absolute Gasteiger partial charge is 0.354 e. The van der Waals surface area contributed by atoms with Crippen molar-refractivity contribution in [3.05, 3.63) is 96.8 Å². The molecular weight excluding hydrogens is 504 g/mol. The first kappa shape index (κ1) is 19.4. The van der Waals surface area contributed by atoms with Crippen molar-refractivity contribution in [3.8, 4) is 11.3 Å². The molecule has 0 unspecified atom stereocenters. The number of hydrogen-bond acceptors (Lipinski definition) is 3. The van der Waals surface area contributed by atoms with Crippen LogP contribution in [0.15, 0.2) is 85.1 Å². The second-order valence-corrected chi connectivity index (χ2v) is 5.19. The molecule has 2 heterocycles. The molecule has 0 saturated heterocycles. The summed E-state index contributed by atoms with van der Waals surface area (Å²) < 4.78 is 0. The average Bonchev–Trinajstić information content (AvgIpc) is 2.69. The van der Waals surface area contributed by atoms with Crippen molar-refractivity contribution in [1.82, 2.24) is 9.97 Å². The van der Waals surface area contributed by atoms with E-state index in [1.165, 1.54) is 17.6 Å². The summed E-state index contributed by atoms with van der Waals surface area (Å²) in [6, 6.07) is 28.1. The first-order valence-corrected chi connectivity index (χ1v) is 7.71. The van der Waals surface area contributed by atoms with Gasteiger partial charge >= 0.3 is 5.97 Å². The zero-order valence-corrected chi connectivity index (χ0v) is 16.1. The number of carbonyl (C=O) groups is 1. The van der Waals surface area contributed by atoms with Crippen LogP contribution in [0.1, 0.15) is 10.5 Å². The van der Waals surface area contributed by atoms with Gasteiger partial charge in [-0.1, -0.05) is 36.4 Å². The van der Waals surface area contributed by atoms with Crippen LogP contribution in [0.3, 0.4) is 0 Å². The van der Waals surface area contributed by atoms with Crippen LogP contribution in [0.4, 0.5) is 0 Å². The summed E-state index contributed by atoms with van der Waals surface area (Å²) in [5, 5.41) is 9.49. The molecule has 4 rings (SSSR count). The van der Waals surface area contributed by atoms with Crippen LogP contribution >= 0.6 is 0 Å². The van der Waals surface area contributed by atoms with E-state index >= 15 is 0 Å². The number of aromatic carboxylic acids is 1. The van der Waals surface area contributed by atoms with E-state index in [4.69, 9.17) is 5.11 Å². The summed E-state index contributed by atoms with van der Waals surface area (Å²) in [6.07, 6.45) is 1.45. The minimum absolute atomic E-state index is 0. The molecule has 0 spiro atoms. The molecule has 5 heteroatoms. The van der Waals surface area contributed by atoms with Gasteiger partial charge in [-0.25, -0.2) is 9.78 Å².